The number of rotatable bonds is 6. The second kappa shape index (κ2) is 7.20. The fourth-order valence-corrected chi connectivity index (χ4v) is 3.19. The summed E-state index contributed by atoms with van der Waals surface area (Å²) in [4.78, 5) is 15.1. The Bertz CT molecular complexity index is 329. The molecule has 0 aromatic carbocycles. The molecule has 0 radical (unpaired) electrons. The number of carbonyl (C=O) groups is 1. The molecule has 5 heteroatoms. The summed E-state index contributed by atoms with van der Waals surface area (Å²) >= 11 is 5.10. The first kappa shape index (κ1) is 16.4. The van der Waals surface area contributed by atoms with Gasteiger partial charge in [-0.05, 0) is 39.3 Å². The molecule has 3 N–H and O–H groups in total. The molecule has 1 amide bonds. The maximum absolute atomic E-state index is 12.4. The maximum Gasteiger partial charge on any atom is 0.233 e. The van der Waals surface area contributed by atoms with Crippen molar-refractivity contribution in [2.75, 3.05) is 20.1 Å². The fourth-order valence-electron chi connectivity index (χ4n) is 2.81. The van der Waals surface area contributed by atoms with E-state index in [0.717, 1.165) is 13.0 Å². The van der Waals surface area contributed by atoms with E-state index in [0.29, 0.717) is 30.4 Å². The third-order valence-electron chi connectivity index (χ3n) is 4.53. The van der Waals surface area contributed by atoms with Crippen molar-refractivity contribution in [1.29, 1.82) is 0 Å². The second-order valence-corrected chi connectivity index (χ2v) is 5.93. The van der Waals surface area contributed by atoms with Gasteiger partial charge in [-0.1, -0.05) is 32.5 Å². The van der Waals surface area contributed by atoms with Gasteiger partial charge < -0.3 is 16.0 Å². The normalized spacial score (nSPS) is 21.1. The van der Waals surface area contributed by atoms with Gasteiger partial charge in [-0.15, -0.1) is 0 Å². The molecule has 1 saturated heterocycles. The van der Waals surface area contributed by atoms with Crippen LogP contribution in [0, 0.1) is 5.41 Å². The molecule has 1 atom stereocenters. The van der Waals surface area contributed by atoms with Gasteiger partial charge in [0.1, 0.15) is 0 Å². The third-order valence-corrected chi connectivity index (χ3v) is 4.92. The number of amides is 1. The van der Waals surface area contributed by atoms with Gasteiger partial charge in [0.15, 0.2) is 0 Å². The largest absolute Gasteiger partial charge is 0.392 e. The summed E-state index contributed by atoms with van der Waals surface area (Å²) in [5.41, 5.74) is 5.11. The van der Waals surface area contributed by atoms with Crippen LogP contribution >= 0.6 is 12.2 Å². The highest BCUT2D eigenvalue weighted by atomic mass is 32.1. The predicted octanol–water partition coefficient (Wildman–Crippen LogP) is 1.68. The van der Waals surface area contributed by atoms with Gasteiger partial charge in [0.05, 0.1) is 10.4 Å². The molecule has 19 heavy (non-hydrogen) atoms. The van der Waals surface area contributed by atoms with Gasteiger partial charge in [-0.3, -0.25) is 4.79 Å². The monoisotopic (exact) mass is 285 g/mol. The highest BCUT2D eigenvalue weighted by molar-refractivity contribution is 7.80. The minimum Gasteiger partial charge on any atom is -0.392 e. The third kappa shape index (κ3) is 3.66. The molecule has 1 aliphatic rings. The Balaban J connectivity index is 2.60. The Morgan fingerprint density at radius 2 is 2.05 bits per heavy atom. The van der Waals surface area contributed by atoms with Gasteiger partial charge in [0, 0.05) is 12.6 Å². The fraction of sp³-hybridized carbons (Fsp3) is 0.857. The molecule has 0 saturated carbocycles. The van der Waals surface area contributed by atoms with Crippen molar-refractivity contribution < 1.29 is 4.79 Å². The Hall–Kier alpha value is -0.680. The van der Waals surface area contributed by atoms with Crippen LogP contribution in [0.15, 0.2) is 0 Å². The molecule has 1 fully saturated rings. The molecule has 1 heterocycles. The van der Waals surface area contributed by atoms with Crippen LogP contribution in [0.1, 0.15) is 46.0 Å². The summed E-state index contributed by atoms with van der Waals surface area (Å²) in [7, 11) is 2.12. The second-order valence-electron chi connectivity index (χ2n) is 5.49. The standard InChI is InChI=1S/C14H27N3OS/c1-4-14(5-2,12(15)19)13(18)16-10-11-8-6-7-9-17(11)3/h11H,4-10H2,1-3H3,(H2,15,19)(H,16,18). The van der Waals surface area contributed by atoms with E-state index in [4.69, 9.17) is 18.0 Å². The Morgan fingerprint density at radius 3 is 2.53 bits per heavy atom. The zero-order chi connectivity index (χ0) is 14.5. The number of nitrogens with two attached hydrogens (primary N) is 1. The molecule has 4 nitrogen and oxygen atoms in total. The summed E-state index contributed by atoms with van der Waals surface area (Å²) in [5, 5.41) is 3.06. The van der Waals surface area contributed by atoms with Crippen LogP contribution in [-0.2, 0) is 4.79 Å². The van der Waals surface area contributed by atoms with Crippen molar-refractivity contribution in [2.24, 2.45) is 11.1 Å². The first-order chi connectivity index (χ1) is 8.97. The zero-order valence-corrected chi connectivity index (χ0v) is 13.2. The number of hydrogen-bond acceptors (Lipinski definition) is 3. The van der Waals surface area contributed by atoms with E-state index >= 15 is 0 Å². The lowest BCUT2D eigenvalue weighted by atomic mass is 9.81. The number of nitrogens with one attached hydrogen (secondary N) is 1. The lowest BCUT2D eigenvalue weighted by Crippen LogP contribution is -2.52. The molecule has 0 aliphatic carbocycles. The van der Waals surface area contributed by atoms with Crippen LogP contribution in [0.5, 0.6) is 0 Å². The minimum atomic E-state index is -0.678. The Labute approximate surface area is 122 Å². The van der Waals surface area contributed by atoms with E-state index in [-0.39, 0.29) is 5.91 Å². The first-order valence-corrected chi connectivity index (χ1v) is 7.67. The van der Waals surface area contributed by atoms with E-state index in [9.17, 15) is 4.79 Å². The Kier molecular flexibility index (Phi) is 6.20. The SMILES string of the molecule is CCC(CC)(C(=O)NCC1CCCCN1C)C(N)=S. The highest BCUT2D eigenvalue weighted by Gasteiger charge is 2.38. The van der Waals surface area contributed by atoms with Crippen molar-refractivity contribution in [3.8, 4) is 0 Å². The van der Waals surface area contributed by atoms with Crippen LogP contribution in [0.2, 0.25) is 0 Å². The van der Waals surface area contributed by atoms with E-state index in [1.165, 1.54) is 12.8 Å². The van der Waals surface area contributed by atoms with Gasteiger partial charge in [0.25, 0.3) is 0 Å². The summed E-state index contributed by atoms with van der Waals surface area (Å²) in [6.07, 6.45) is 4.96. The maximum atomic E-state index is 12.4. The van der Waals surface area contributed by atoms with Crippen molar-refractivity contribution in [3.05, 3.63) is 0 Å². The summed E-state index contributed by atoms with van der Waals surface area (Å²) < 4.78 is 0. The Morgan fingerprint density at radius 1 is 1.42 bits per heavy atom. The summed E-state index contributed by atoms with van der Waals surface area (Å²) in [6, 6.07) is 0.440. The van der Waals surface area contributed by atoms with Crippen LogP contribution in [0.3, 0.4) is 0 Å². The average molecular weight is 285 g/mol. The minimum absolute atomic E-state index is 0.0102. The van der Waals surface area contributed by atoms with Crippen molar-refractivity contribution in [2.45, 2.75) is 52.0 Å². The van der Waals surface area contributed by atoms with Crippen molar-refractivity contribution in [1.82, 2.24) is 10.2 Å². The van der Waals surface area contributed by atoms with Crippen LogP contribution in [0.25, 0.3) is 0 Å². The quantitative estimate of drug-likeness (QED) is 0.729. The predicted molar refractivity (Wildman–Crippen MR) is 83.1 cm³/mol. The van der Waals surface area contributed by atoms with E-state index < -0.39 is 5.41 Å². The van der Waals surface area contributed by atoms with E-state index in [2.05, 4.69) is 17.3 Å². The van der Waals surface area contributed by atoms with Crippen molar-refractivity contribution in [3.63, 3.8) is 0 Å². The smallest absolute Gasteiger partial charge is 0.233 e. The number of carbonyl (C=O) groups excluding carboxylic acids is 1. The van der Waals surface area contributed by atoms with Crippen LogP contribution < -0.4 is 11.1 Å². The summed E-state index contributed by atoms with van der Waals surface area (Å²) in [6.45, 7) is 5.74. The molecule has 1 unspecified atom stereocenters. The van der Waals surface area contributed by atoms with Gasteiger partial charge >= 0.3 is 0 Å². The number of piperidine rings is 1. The van der Waals surface area contributed by atoms with E-state index in [1.54, 1.807) is 0 Å². The molecule has 110 valence electrons. The number of hydrogen-bond donors (Lipinski definition) is 2. The molecule has 0 spiro atoms. The molecule has 0 aromatic heterocycles. The number of nitrogens with zero attached hydrogens (tertiary/aromatic N) is 1. The molecular weight excluding hydrogens is 258 g/mol. The molecule has 0 aromatic rings. The summed E-state index contributed by atoms with van der Waals surface area (Å²) in [5.74, 6) is -0.0102. The molecule has 1 rings (SSSR count). The molecule has 1 aliphatic heterocycles. The van der Waals surface area contributed by atoms with Gasteiger partial charge in [-0.2, -0.15) is 0 Å². The average Bonchev–Trinajstić information content (AvgIpc) is 2.39. The molecular formula is C14H27N3OS. The van der Waals surface area contributed by atoms with Gasteiger partial charge in [0.2, 0.25) is 5.91 Å². The lowest BCUT2D eigenvalue weighted by molar-refractivity contribution is -0.128. The zero-order valence-electron chi connectivity index (χ0n) is 12.4. The highest BCUT2D eigenvalue weighted by Crippen LogP contribution is 2.27. The first-order valence-electron chi connectivity index (χ1n) is 7.26. The molecule has 0 bridgehead atoms. The number of thiocarbonyl (C=S) groups is 1. The number of likely N-dealkylation sites (tertiary alicyclic amines) is 1. The van der Waals surface area contributed by atoms with E-state index in [1.807, 2.05) is 13.8 Å². The van der Waals surface area contributed by atoms with Crippen LogP contribution in [0.4, 0.5) is 0 Å². The van der Waals surface area contributed by atoms with Crippen LogP contribution in [-0.4, -0.2) is 42.0 Å². The van der Waals surface area contributed by atoms with Crippen molar-refractivity contribution >= 4 is 23.1 Å². The lowest BCUT2D eigenvalue weighted by Gasteiger charge is -2.34. The number of likely N-dealkylation sites (N-methyl/N-ethyl adjacent to an activating group) is 1. The van der Waals surface area contributed by atoms with Gasteiger partial charge in [-0.25, -0.2) is 0 Å². The topological polar surface area (TPSA) is 58.4 Å².